The molecule has 0 saturated heterocycles. The molecule has 104 valence electrons. The van der Waals surface area contributed by atoms with Crippen molar-refractivity contribution < 1.29 is 24.6 Å². The number of hydrogen-bond donors (Lipinski definition) is 4. The van der Waals surface area contributed by atoms with E-state index in [0.717, 1.165) is 6.42 Å². The van der Waals surface area contributed by atoms with Gasteiger partial charge in [0.2, 0.25) is 5.91 Å². The zero-order valence-corrected chi connectivity index (χ0v) is 10.4. The summed E-state index contributed by atoms with van der Waals surface area (Å²) in [5, 5.41) is 19.4. The average Bonchev–Trinajstić information content (AvgIpc) is 2.25. The summed E-state index contributed by atoms with van der Waals surface area (Å²) in [4.78, 5) is 32.6. The maximum Gasteiger partial charge on any atom is 0.326 e. The number of rotatable bonds is 9. The molecule has 2 atom stereocenters. The third kappa shape index (κ3) is 7.61. The summed E-state index contributed by atoms with van der Waals surface area (Å²) in [5.74, 6) is -2.78. The van der Waals surface area contributed by atoms with Crippen molar-refractivity contribution in [3.05, 3.63) is 0 Å². The Morgan fingerprint density at radius 2 is 1.83 bits per heavy atom. The van der Waals surface area contributed by atoms with Gasteiger partial charge in [-0.15, -0.1) is 0 Å². The molecule has 0 aromatic rings. The molecule has 0 aromatic heterocycles. The van der Waals surface area contributed by atoms with Gasteiger partial charge in [0.25, 0.3) is 0 Å². The van der Waals surface area contributed by atoms with Crippen molar-refractivity contribution in [3.8, 4) is 0 Å². The molecule has 0 saturated carbocycles. The molecule has 0 bridgehead atoms. The first-order chi connectivity index (χ1) is 8.36. The first-order valence-corrected chi connectivity index (χ1v) is 5.80. The fourth-order valence-electron chi connectivity index (χ4n) is 1.45. The molecule has 0 aliphatic rings. The Bertz CT molecular complexity index is 306. The zero-order valence-electron chi connectivity index (χ0n) is 10.4. The highest BCUT2D eigenvalue weighted by molar-refractivity contribution is 5.86. The molecule has 5 N–H and O–H groups in total. The summed E-state index contributed by atoms with van der Waals surface area (Å²) in [6.45, 7) is 2.49. The van der Waals surface area contributed by atoms with Crippen LogP contribution in [0.15, 0.2) is 0 Å². The van der Waals surface area contributed by atoms with E-state index < -0.39 is 30.3 Å². The number of carbonyl (C=O) groups excluding carboxylic acids is 1. The van der Waals surface area contributed by atoms with Crippen LogP contribution in [-0.4, -0.2) is 40.6 Å². The highest BCUT2D eigenvalue weighted by Gasteiger charge is 2.22. The number of carboxylic acids is 2. The number of carbonyl (C=O) groups is 3. The van der Waals surface area contributed by atoms with Gasteiger partial charge in [0.15, 0.2) is 0 Å². The fourth-order valence-corrected chi connectivity index (χ4v) is 1.45. The van der Waals surface area contributed by atoms with Crippen molar-refractivity contribution in [3.63, 3.8) is 0 Å². The highest BCUT2D eigenvalue weighted by atomic mass is 16.4. The molecular formula is C11H20N2O5. The minimum absolute atomic E-state index is 0.171. The van der Waals surface area contributed by atoms with Crippen LogP contribution in [0.25, 0.3) is 0 Å². The molecule has 18 heavy (non-hydrogen) atoms. The Balaban J connectivity index is 4.10. The van der Waals surface area contributed by atoms with Crippen LogP contribution in [0.2, 0.25) is 0 Å². The van der Waals surface area contributed by atoms with Crippen molar-refractivity contribution in [2.24, 2.45) is 11.7 Å². The summed E-state index contributed by atoms with van der Waals surface area (Å²) >= 11 is 0. The summed E-state index contributed by atoms with van der Waals surface area (Å²) in [7, 11) is 0. The molecule has 1 amide bonds. The normalized spacial score (nSPS) is 13.7. The van der Waals surface area contributed by atoms with Crippen LogP contribution in [0.3, 0.4) is 0 Å². The van der Waals surface area contributed by atoms with Gasteiger partial charge in [-0.25, -0.2) is 4.79 Å². The van der Waals surface area contributed by atoms with Gasteiger partial charge >= 0.3 is 11.9 Å². The molecule has 0 aliphatic heterocycles. The standard InChI is InChI=1S/C11H20N2O5/c1-7(4-5-12)2-3-9(14)13-8(11(17)18)6-10(15)16/h7-8H,2-6,12H2,1H3,(H,13,14)(H,15,16)(H,17,18). The van der Waals surface area contributed by atoms with E-state index in [9.17, 15) is 14.4 Å². The Morgan fingerprint density at radius 1 is 1.22 bits per heavy atom. The molecule has 0 spiro atoms. The minimum atomic E-state index is -1.38. The first kappa shape index (κ1) is 16.4. The molecule has 0 fully saturated rings. The summed E-state index contributed by atoms with van der Waals surface area (Å²) < 4.78 is 0. The molecule has 0 radical (unpaired) electrons. The smallest absolute Gasteiger partial charge is 0.326 e. The fraction of sp³-hybridized carbons (Fsp3) is 0.727. The number of carboxylic acid groups (broad SMARTS) is 2. The van der Waals surface area contributed by atoms with E-state index in [-0.39, 0.29) is 12.3 Å². The van der Waals surface area contributed by atoms with E-state index in [2.05, 4.69) is 5.32 Å². The summed E-state index contributed by atoms with van der Waals surface area (Å²) in [6.07, 6.45) is 0.942. The van der Waals surface area contributed by atoms with Crippen LogP contribution in [0.5, 0.6) is 0 Å². The third-order valence-electron chi connectivity index (χ3n) is 2.54. The molecule has 0 rings (SSSR count). The van der Waals surface area contributed by atoms with E-state index in [1.807, 2.05) is 6.92 Å². The van der Waals surface area contributed by atoms with Crippen molar-refractivity contribution in [2.45, 2.75) is 38.6 Å². The predicted octanol–water partition coefficient (Wildman–Crippen LogP) is -0.204. The number of hydrogen-bond acceptors (Lipinski definition) is 4. The quantitative estimate of drug-likeness (QED) is 0.454. The molecule has 7 heteroatoms. The number of nitrogens with one attached hydrogen (secondary N) is 1. The van der Waals surface area contributed by atoms with Crippen LogP contribution >= 0.6 is 0 Å². The second kappa shape index (κ2) is 8.46. The second-order valence-electron chi connectivity index (χ2n) is 4.28. The minimum Gasteiger partial charge on any atom is -0.481 e. The lowest BCUT2D eigenvalue weighted by atomic mass is 10.0. The van der Waals surface area contributed by atoms with E-state index in [1.165, 1.54) is 0 Å². The average molecular weight is 260 g/mol. The van der Waals surface area contributed by atoms with Crippen molar-refractivity contribution in [1.82, 2.24) is 5.32 Å². The Morgan fingerprint density at radius 3 is 2.28 bits per heavy atom. The van der Waals surface area contributed by atoms with E-state index in [4.69, 9.17) is 15.9 Å². The molecule has 0 aliphatic carbocycles. The van der Waals surface area contributed by atoms with E-state index in [1.54, 1.807) is 0 Å². The van der Waals surface area contributed by atoms with Crippen molar-refractivity contribution in [2.75, 3.05) is 6.54 Å². The van der Waals surface area contributed by atoms with Crippen LogP contribution in [-0.2, 0) is 14.4 Å². The third-order valence-corrected chi connectivity index (χ3v) is 2.54. The monoisotopic (exact) mass is 260 g/mol. The Hall–Kier alpha value is -1.63. The van der Waals surface area contributed by atoms with Crippen LogP contribution in [0.1, 0.15) is 32.6 Å². The lowest BCUT2D eigenvalue weighted by molar-refractivity contribution is -0.147. The maximum atomic E-state index is 11.4. The van der Waals surface area contributed by atoms with Crippen LogP contribution < -0.4 is 11.1 Å². The largest absolute Gasteiger partial charge is 0.481 e. The van der Waals surface area contributed by atoms with Crippen LogP contribution in [0.4, 0.5) is 0 Å². The predicted molar refractivity (Wildman–Crippen MR) is 63.9 cm³/mol. The number of nitrogens with two attached hydrogens (primary N) is 1. The first-order valence-electron chi connectivity index (χ1n) is 5.80. The lowest BCUT2D eigenvalue weighted by Crippen LogP contribution is -2.42. The number of aliphatic carboxylic acids is 2. The van der Waals surface area contributed by atoms with Gasteiger partial charge in [0.1, 0.15) is 6.04 Å². The molecule has 0 heterocycles. The van der Waals surface area contributed by atoms with Gasteiger partial charge in [0.05, 0.1) is 6.42 Å². The van der Waals surface area contributed by atoms with Gasteiger partial charge in [-0.1, -0.05) is 6.92 Å². The van der Waals surface area contributed by atoms with Crippen molar-refractivity contribution in [1.29, 1.82) is 0 Å². The van der Waals surface area contributed by atoms with Gasteiger partial charge in [-0.2, -0.15) is 0 Å². The summed E-state index contributed by atoms with van der Waals surface area (Å²) in [5.41, 5.74) is 5.37. The molecular weight excluding hydrogens is 240 g/mol. The second-order valence-corrected chi connectivity index (χ2v) is 4.28. The lowest BCUT2D eigenvalue weighted by Gasteiger charge is -2.14. The maximum absolute atomic E-state index is 11.4. The summed E-state index contributed by atoms with van der Waals surface area (Å²) in [6, 6.07) is -1.38. The van der Waals surface area contributed by atoms with Gasteiger partial charge < -0.3 is 21.3 Å². The molecule has 2 unspecified atom stereocenters. The topological polar surface area (TPSA) is 130 Å². The molecule has 7 nitrogen and oxygen atoms in total. The Labute approximate surface area is 105 Å². The molecule has 0 aromatic carbocycles. The van der Waals surface area contributed by atoms with Gasteiger partial charge in [-0.3, -0.25) is 9.59 Å². The highest BCUT2D eigenvalue weighted by Crippen LogP contribution is 2.09. The van der Waals surface area contributed by atoms with Gasteiger partial charge in [-0.05, 0) is 25.3 Å². The SMILES string of the molecule is CC(CCN)CCC(=O)NC(CC(=O)O)C(=O)O. The van der Waals surface area contributed by atoms with Gasteiger partial charge in [0, 0.05) is 6.42 Å². The Kier molecular flexibility index (Phi) is 7.69. The van der Waals surface area contributed by atoms with E-state index >= 15 is 0 Å². The number of amides is 1. The van der Waals surface area contributed by atoms with Crippen molar-refractivity contribution >= 4 is 17.8 Å². The van der Waals surface area contributed by atoms with E-state index in [0.29, 0.717) is 13.0 Å². The van der Waals surface area contributed by atoms with Crippen LogP contribution in [0, 0.1) is 5.92 Å². The zero-order chi connectivity index (χ0) is 14.1.